The van der Waals surface area contributed by atoms with Gasteiger partial charge in [-0.15, -0.1) is 11.6 Å². The summed E-state index contributed by atoms with van der Waals surface area (Å²) in [6.45, 7) is 7.82. The molecule has 1 saturated carbocycles. The molecule has 2 heterocycles. The Morgan fingerprint density at radius 3 is 2.47 bits per heavy atom. The molecule has 17 heavy (non-hydrogen) atoms. The van der Waals surface area contributed by atoms with Crippen LogP contribution < -0.4 is 0 Å². The second kappa shape index (κ2) is 4.04. The highest BCUT2D eigenvalue weighted by Gasteiger charge is 2.55. The van der Waals surface area contributed by atoms with Crippen molar-refractivity contribution in [1.82, 2.24) is 4.90 Å². The Kier molecular flexibility index (Phi) is 3.09. The van der Waals surface area contributed by atoms with Crippen molar-refractivity contribution in [2.75, 3.05) is 0 Å². The van der Waals surface area contributed by atoms with Crippen molar-refractivity contribution >= 4 is 17.7 Å². The third kappa shape index (κ3) is 2.54. The predicted octanol–water partition coefficient (Wildman–Crippen LogP) is 3.55. The fourth-order valence-corrected chi connectivity index (χ4v) is 3.46. The molecule has 98 valence electrons. The summed E-state index contributed by atoms with van der Waals surface area (Å²) in [4.78, 5) is 14.1. The number of fused-ring (bicyclic) bond motifs is 2. The van der Waals surface area contributed by atoms with Crippen LogP contribution in [0.1, 0.15) is 53.4 Å². The molecule has 1 atom stereocenters. The molecule has 0 aromatic heterocycles. The van der Waals surface area contributed by atoms with Crippen LogP contribution in [0.15, 0.2) is 0 Å². The maximum absolute atomic E-state index is 12.2. The molecule has 1 amide bonds. The Labute approximate surface area is 108 Å². The average molecular weight is 260 g/mol. The number of carbonyl (C=O) groups is 1. The molecule has 3 fully saturated rings. The molecule has 3 aliphatic rings. The van der Waals surface area contributed by atoms with E-state index in [-0.39, 0.29) is 17.0 Å². The number of nitrogens with zero attached hydrogens (tertiary/aromatic N) is 1. The van der Waals surface area contributed by atoms with Crippen LogP contribution in [-0.4, -0.2) is 33.6 Å². The first-order chi connectivity index (χ1) is 7.74. The third-order valence-electron chi connectivity index (χ3n) is 3.67. The summed E-state index contributed by atoms with van der Waals surface area (Å²) < 4.78 is 5.48. The van der Waals surface area contributed by atoms with E-state index < -0.39 is 5.60 Å². The molecule has 3 nitrogen and oxygen atoms in total. The fourth-order valence-electron chi connectivity index (χ4n) is 2.92. The van der Waals surface area contributed by atoms with Crippen molar-refractivity contribution in [1.29, 1.82) is 0 Å². The quantitative estimate of drug-likeness (QED) is 0.674. The van der Waals surface area contributed by atoms with E-state index in [2.05, 4.69) is 6.92 Å². The van der Waals surface area contributed by atoms with Gasteiger partial charge in [0.1, 0.15) is 5.60 Å². The van der Waals surface area contributed by atoms with E-state index in [1.54, 1.807) is 0 Å². The van der Waals surface area contributed by atoms with Gasteiger partial charge < -0.3 is 9.64 Å². The van der Waals surface area contributed by atoms with E-state index in [1.807, 2.05) is 25.7 Å². The van der Waals surface area contributed by atoms with Crippen LogP contribution in [0.5, 0.6) is 0 Å². The molecular weight excluding hydrogens is 238 g/mol. The minimum Gasteiger partial charge on any atom is -0.444 e. The lowest BCUT2D eigenvalue weighted by Crippen LogP contribution is -2.65. The molecule has 0 radical (unpaired) electrons. The zero-order valence-corrected chi connectivity index (χ0v) is 11.9. The first-order valence-corrected chi connectivity index (χ1v) is 6.82. The van der Waals surface area contributed by atoms with Crippen LogP contribution in [0.25, 0.3) is 0 Å². The van der Waals surface area contributed by atoms with Crippen molar-refractivity contribution in [3.8, 4) is 0 Å². The smallest absolute Gasteiger partial charge is 0.410 e. The van der Waals surface area contributed by atoms with Gasteiger partial charge in [-0.05, 0) is 46.5 Å². The van der Waals surface area contributed by atoms with Gasteiger partial charge in [0.15, 0.2) is 0 Å². The molecule has 2 aliphatic heterocycles. The van der Waals surface area contributed by atoms with Gasteiger partial charge in [0, 0.05) is 12.1 Å². The highest BCUT2D eigenvalue weighted by atomic mass is 35.5. The van der Waals surface area contributed by atoms with E-state index in [0.717, 1.165) is 25.7 Å². The Morgan fingerprint density at radius 2 is 2.00 bits per heavy atom. The summed E-state index contributed by atoms with van der Waals surface area (Å²) in [5.41, 5.74) is -0.422. The monoisotopic (exact) mass is 259 g/mol. The second-order valence-electron chi connectivity index (χ2n) is 6.37. The highest BCUT2D eigenvalue weighted by Crippen LogP contribution is 2.51. The maximum Gasteiger partial charge on any atom is 0.410 e. The van der Waals surface area contributed by atoms with E-state index >= 15 is 0 Å². The average Bonchev–Trinajstić information content (AvgIpc) is 2.12. The number of alkyl halides is 1. The molecule has 0 spiro atoms. The van der Waals surface area contributed by atoms with Crippen molar-refractivity contribution < 1.29 is 9.53 Å². The first kappa shape index (κ1) is 13.0. The van der Waals surface area contributed by atoms with E-state index in [9.17, 15) is 4.79 Å². The van der Waals surface area contributed by atoms with Crippen LogP contribution >= 0.6 is 11.6 Å². The lowest BCUT2D eigenvalue weighted by molar-refractivity contribution is -0.0439. The van der Waals surface area contributed by atoms with Crippen LogP contribution in [0, 0.1) is 0 Å². The van der Waals surface area contributed by atoms with Gasteiger partial charge in [-0.2, -0.15) is 0 Å². The third-order valence-corrected chi connectivity index (χ3v) is 4.13. The first-order valence-electron chi connectivity index (χ1n) is 6.44. The van der Waals surface area contributed by atoms with Gasteiger partial charge in [-0.25, -0.2) is 4.79 Å². The maximum atomic E-state index is 12.2. The number of halogens is 1. The van der Waals surface area contributed by atoms with Gasteiger partial charge in [0.2, 0.25) is 0 Å². The summed E-state index contributed by atoms with van der Waals surface area (Å²) in [5, 5.41) is 0. The van der Waals surface area contributed by atoms with Gasteiger partial charge in [0.05, 0.1) is 4.87 Å². The van der Waals surface area contributed by atoms with E-state index in [4.69, 9.17) is 16.3 Å². The highest BCUT2D eigenvalue weighted by molar-refractivity contribution is 6.24. The van der Waals surface area contributed by atoms with Gasteiger partial charge in [-0.1, -0.05) is 6.92 Å². The molecule has 0 aromatic carbocycles. The molecule has 1 unspecified atom stereocenters. The number of ether oxygens (including phenoxy) is 1. The van der Waals surface area contributed by atoms with Gasteiger partial charge in [0.25, 0.3) is 0 Å². The van der Waals surface area contributed by atoms with Crippen molar-refractivity contribution in [2.45, 2.75) is 75.9 Å². The molecule has 0 aromatic rings. The number of amides is 1. The standard InChI is InChI=1S/C13H22ClNO2/c1-5-9-6-13(14)7-10(8-13)15(9)11(16)17-12(2,3)4/h9-10H,5-8H2,1-4H3. The van der Waals surface area contributed by atoms with E-state index in [0.29, 0.717) is 6.04 Å². The van der Waals surface area contributed by atoms with Crippen molar-refractivity contribution in [3.05, 3.63) is 0 Å². The number of carbonyl (C=O) groups excluding carboxylic acids is 1. The largest absolute Gasteiger partial charge is 0.444 e. The van der Waals surface area contributed by atoms with Crippen LogP contribution in [-0.2, 0) is 4.74 Å². The molecular formula is C13H22ClNO2. The summed E-state index contributed by atoms with van der Waals surface area (Å²) in [7, 11) is 0. The van der Waals surface area contributed by atoms with Crippen molar-refractivity contribution in [2.24, 2.45) is 0 Å². The molecule has 2 bridgehead atoms. The Hall–Kier alpha value is -0.440. The van der Waals surface area contributed by atoms with Crippen LogP contribution in [0.2, 0.25) is 0 Å². The zero-order chi connectivity index (χ0) is 12.8. The topological polar surface area (TPSA) is 29.5 Å². The lowest BCUT2D eigenvalue weighted by atomic mass is 9.69. The zero-order valence-electron chi connectivity index (χ0n) is 11.1. The molecule has 4 heteroatoms. The molecule has 3 rings (SSSR count). The summed E-state index contributed by atoms with van der Waals surface area (Å²) in [5.74, 6) is 0. The Morgan fingerprint density at radius 1 is 1.41 bits per heavy atom. The molecule has 2 saturated heterocycles. The summed E-state index contributed by atoms with van der Waals surface area (Å²) in [6.07, 6.45) is 3.52. The lowest BCUT2D eigenvalue weighted by Gasteiger charge is -2.57. The Bertz CT molecular complexity index is 318. The summed E-state index contributed by atoms with van der Waals surface area (Å²) in [6, 6.07) is 0.538. The fraction of sp³-hybridized carbons (Fsp3) is 0.923. The second-order valence-corrected chi connectivity index (χ2v) is 7.17. The van der Waals surface area contributed by atoms with Crippen molar-refractivity contribution in [3.63, 3.8) is 0 Å². The van der Waals surface area contributed by atoms with Gasteiger partial charge >= 0.3 is 6.09 Å². The SMILES string of the molecule is CCC1CC2(Cl)CC(C2)N1C(=O)OC(C)(C)C. The number of hydrogen-bond acceptors (Lipinski definition) is 2. The van der Waals surface area contributed by atoms with Gasteiger partial charge in [-0.3, -0.25) is 0 Å². The molecule has 0 N–H and O–H groups in total. The summed E-state index contributed by atoms with van der Waals surface area (Å²) >= 11 is 6.44. The molecule has 1 aliphatic carbocycles. The minimum absolute atomic E-state index is 0.0378. The normalized spacial score (nSPS) is 36.4. The number of hydrogen-bond donors (Lipinski definition) is 0. The Balaban J connectivity index is 2.06. The predicted molar refractivity (Wildman–Crippen MR) is 68.4 cm³/mol. The number of piperidine rings is 2. The van der Waals surface area contributed by atoms with E-state index in [1.165, 1.54) is 0 Å². The number of rotatable bonds is 1. The minimum atomic E-state index is -0.422. The van der Waals surface area contributed by atoms with Crippen LogP contribution in [0.4, 0.5) is 4.79 Å². The van der Waals surface area contributed by atoms with Crippen LogP contribution in [0.3, 0.4) is 0 Å².